The maximum Gasteiger partial charge on any atom is 0.132 e. The van der Waals surface area contributed by atoms with Crippen molar-refractivity contribution in [2.75, 3.05) is 7.05 Å². The smallest absolute Gasteiger partial charge is 0.132 e. The van der Waals surface area contributed by atoms with Crippen molar-refractivity contribution in [3.05, 3.63) is 35.0 Å². The third-order valence-electron chi connectivity index (χ3n) is 2.13. The summed E-state index contributed by atoms with van der Waals surface area (Å²) in [5.41, 5.74) is 0.815. The molecule has 1 atom stereocenters. The minimum Gasteiger partial charge on any atom is -0.300 e. The molecule has 1 aromatic heterocycles. The number of carbonyl (C=O) groups is 1. The molecule has 0 spiro atoms. The van der Waals surface area contributed by atoms with Gasteiger partial charge in [-0.15, -0.1) is 4.91 Å². The average molecular weight is 207 g/mol. The number of carbonyl (C=O) groups excluding carboxylic acids is 1. The van der Waals surface area contributed by atoms with Gasteiger partial charge in [0.05, 0.1) is 11.3 Å². The van der Waals surface area contributed by atoms with Crippen molar-refractivity contribution < 1.29 is 4.79 Å². The number of Topliss-reactive ketones (excluding diaryl/α,β-unsaturated/α-hetero) is 1. The highest BCUT2D eigenvalue weighted by atomic mass is 16.3. The van der Waals surface area contributed by atoms with Crippen molar-refractivity contribution in [1.29, 1.82) is 0 Å². The van der Waals surface area contributed by atoms with Crippen molar-refractivity contribution in [3.63, 3.8) is 0 Å². The minimum atomic E-state index is -0.325. The van der Waals surface area contributed by atoms with Crippen LogP contribution in [-0.4, -0.2) is 22.8 Å². The molecule has 5 nitrogen and oxygen atoms in total. The number of pyridine rings is 1. The molecular formula is C10H13N3O2. The van der Waals surface area contributed by atoms with E-state index in [1.54, 1.807) is 25.5 Å². The maximum absolute atomic E-state index is 11.1. The van der Waals surface area contributed by atoms with Gasteiger partial charge < -0.3 is 0 Å². The molecule has 0 N–H and O–H groups in total. The monoisotopic (exact) mass is 207 g/mol. The Balaban J connectivity index is 2.90. The molecule has 15 heavy (non-hydrogen) atoms. The van der Waals surface area contributed by atoms with E-state index in [1.807, 2.05) is 6.07 Å². The second-order valence-corrected chi connectivity index (χ2v) is 3.36. The standard InChI is InChI=1S/C10H13N3O2/c1-8(14)6-10(13(2)12-15)9-4-3-5-11-7-9/h3-5,7,10H,6H2,1-2H3/t10-/m0/s1. The lowest BCUT2D eigenvalue weighted by Crippen LogP contribution is -2.21. The van der Waals surface area contributed by atoms with Crippen LogP contribution in [0, 0.1) is 4.91 Å². The van der Waals surface area contributed by atoms with Crippen LogP contribution in [-0.2, 0) is 4.79 Å². The lowest BCUT2D eigenvalue weighted by molar-refractivity contribution is -0.118. The number of aromatic nitrogens is 1. The summed E-state index contributed by atoms with van der Waals surface area (Å²) >= 11 is 0. The fraction of sp³-hybridized carbons (Fsp3) is 0.400. The van der Waals surface area contributed by atoms with Gasteiger partial charge in [0.2, 0.25) is 0 Å². The van der Waals surface area contributed by atoms with Gasteiger partial charge in [0.1, 0.15) is 5.78 Å². The predicted octanol–water partition coefficient (Wildman–Crippen LogP) is 1.72. The SMILES string of the molecule is CC(=O)C[C@@H](c1cccnc1)N(C)N=O. The molecule has 0 aromatic carbocycles. The third kappa shape index (κ3) is 3.12. The van der Waals surface area contributed by atoms with E-state index in [2.05, 4.69) is 10.3 Å². The first kappa shape index (κ1) is 11.3. The van der Waals surface area contributed by atoms with Crippen LogP contribution in [0.2, 0.25) is 0 Å². The van der Waals surface area contributed by atoms with Gasteiger partial charge in [-0.1, -0.05) is 6.07 Å². The number of rotatable bonds is 5. The molecule has 0 aliphatic heterocycles. The zero-order valence-electron chi connectivity index (χ0n) is 8.75. The molecule has 0 bridgehead atoms. The molecular weight excluding hydrogens is 194 g/mol. The van der Waals surface area contributed by atoms with Crippen LogP contribution in [0.25, 0.3) is 0 Å². The van der Waals surface area contributed by atoms with Gasteiger partial charge in [0.15, 0.2) is 0 Å². The summed E-state index contributed by atoms with van der Waals surface area (Å²) in [6.45, 7) is 1.49. The van der Waals surface area contributed by atoms with Crippen molar-refractivity contribution in [2.24, 2.45) is 5.29 Å². The lowest BCUT2D eigenvalue weighted by Gasteiger charge is -2.21. The summed E-state index contributed by atoms with van der Waals surface area (Å²) in [4.78, 5) is 25.5. The van der Waals surface area contributed by atoms with E-state index in [1.165, 1.54) is 11.9 Å². The number of hydrogen-bond acceptors (Lipinski definition) is 4. The Kier molecular flexibility index (Phi) is 3.91. The highest BCUT2D eigenvalue weighted by Crippen LogP contribution is 2.22. The van der Waals surface area contributed by atoms with Gasteiger partial charge in [-0.25, -0.2) is 0 Å². The van der Waals surface area contributed by atoms with Crippen molar-refractivity contribution in [1.82, 2.24) is 9.99 Å². The normalized spacial score (nSPS) is 11.9. The Morgan fingerprint density at radius 3 is 2.87 bits per heavy atom. The van der Waals surface area contributed by atoms with E-state index in [9.17, 15) is 9.70 Å². The zero-order valence-corrected chi connectivity index (χ0v) is 8.75. The Hall–Kier alpha value is -1.78. The molecule has 0 aliphatic carbocycles. The van der Waals surface area contributed by atoms with E-state index in [4.69, 9.17) is 0 Å². The van der Waals surface area contributed by atoms with Gasteiger partial charge in [-0.2, -0.15) is 0 Å². The summed E-state index contributed by atoms with van der Waals surface area (Å²) in [5.74, 6) is 0.0133. The van der Waals surface area contributed by atoms with E-state index < -0.39 is 0 Å². The van der Waals surface area contributed by atoms with Crippen LogP contribution < -0.4 is 0 Å². The van der Waals surface area contributed by atoms with Crippen LogP contribution in [0.3, 0.4) is 0 Å². The van der Waals surface area contributed by atoms with Gasteiger partial charge in [-0.3, -0.25) is 14.8 Å². The Morgan fingerprint density at radius 1 is 1.67 bits per heavy atom. The van der Waals surface area contributed by atoms with Gasteiger partial charge in [0.25, 0.3) is 0 Å². The van der Waals surface area contributed by atoms with Gasteiger partial charge in [0, 0.05) is 25.9 Å². The van der Waals surface area contributed by atoms with Crippen LogP contribution in [0.15, 0.2) is 29.8 Å². The third-order valence-corrected chi connectivity index (χ3v) is 2.13. The van der Waals surface area contributed by atoms with E-state index in [-0.39, 0.29) is 18.2 Å². The van der Waals surface area contributed by atoms with Crippen LogP contribution in [0.4, 0.5) is 0 Å². The van der Waals surface area contributed by atoms with Crippen molar-refractivity contribution >= 4 is 5.78 Å². The van der Waals surface area contributed by atoms with E-state index >= 15 is 0 Å². The Morgan fingerprint density at radius 2 is 2.40 bits per heavy atom. The molecule has 0 aliphatic rings. The topological polar surface area (TPSA) is 62.6 Å². The average Bonchev–Trinajstić information content (AvgIpc) is 2.26. The quantitative estimate of drug-likeness (QED) is 0.544. The number of ketones is 1. The maximum atomic E-state index is 11.1. The fourth-order valence-corrected chi connectivity index (χ4v) is 1.37. The molecule has 1 rings (SSSR count). The van der Waals surface area contributed by atoms with E-state index in [0.29, 0.717) is 0 Å². The van der Waals surface area contributed by atoms with Crippen LogP contribution >= 0.6 is 0 Å². The summed E-state index contributed by atoms with van der Waals surface area (Å²) in [6, 6.07) is 3.26. The molecule has 0 unspecified atom stereocenters. The van der Waals surface area contributed by atoms with Crippen LogP contribution in [0.1, 0.15) is 24.9 Å². The highest BCUT2D eigenvalue weighted by molar-refractivity contribution is 5.76. The first-order chi connectivity index (χ1) is 7.15. The first-order valence-corrected chi connectivity index (χ1v) is 4.60. The number of nitroso groups, excluding NO2 is 1. The summed E-state index contributed by atoms with van der Waals surface area (Å²) < 4.78 is 0. The second-order valence-electron chi connectivity index (χ2n) is 3.36. The fourth-order valence-electron chi connectivity index (χ4n) is 1.37. The molecule has 0 amide bonds. The Labute approximate surface area is 88.1 Å². The van der Waals surface area contributed by atoms with Gasteiger partial charge in [-0.05, 0) is 18.6 Å². The summed E-state index contributed by atoms with van der Waals surface area (Å²) in [6.07, 6.45) is 3.53. The molecule has 0 saturated carbocycles. The molecule has 5 heteroatoms. The summed E-state index contributed by atoms with van der Waals surface area (Å²) in [5, 5.41) is 4.06. The Bertz CT molecular complexity index is 340. The summed E-state index contributed by atoms with van der Waals surface area (Å²) in [7, 11) is 1.55. The highest BCUT2D eigenvalue weighted by Gasteiger charge is 2.18. The van der Waals surface area contributed by atoms with Gasteiger partial charge >= 0.3 is 0 Å². The first-order valence-electron chi connectivity index (χ1n) is 4.60. The molecule has 0 fully saturated rings. The predicted molar refractivity (Wildman–Crippen MR) is 55.8 cm³/mol. The number of hydrogen-bond donors (Lipinski definition) is 0. The van der Waals surface area contributed by atoms with Crippen molar-refractivity contribution in [2.45, 2.75) is 19.4 Å². The number of nitrogens with zero attached hydrogens (tertiary/aromatic N) is 3. The second kappa shape index (κ2) is 5.19. The largest absolute Gasteiger partial charge is 0.300 e. The zero-order chi connectivity index (χ0) is 11.3. The molecule has 0 radical (unpaired) electrons. The molecule has 0 saturated heterocycles. The molecule has 1 heterocycles. The molecule has 1 aromatic rings. The van der Waals surface area contributed by atoms with Crippen LogP contribution in [0.5, 0.6) is 0 Å². The lowest BCUT2D eigenvalue weighted by atomic mass is 10.0. The van der Waals surface area contributed by atoms with E-state index in [0.717, 1.165) is 5.56 Å². The van der Waals surface area contributed by atoms with Crippen molar-refractivity contribution in [3.8, 4) is 0 Å². The minimum absolute atomic E-state index is 0.0133. The molecule has 80 valence electrons.